The summed E-state index contributed by atoms with van der Waals surface area (Å²) < 4.78 is 12.2. The van der Waals surface area contributed by atoms with Crippen LogP contribution >= 0.6 is 15.9 Å². The van der Waals surface area contributed by atoms with Gasteiger partial charge in [-0.1, -0.05) is 34.1 Å². The quantitative estimate of drug-likeness (QED) is 0.887. The number of rotatable bonds is 5. The van der Waals surface area contributed by atoms with Crippen LogP contribution < -0.4 is 15.2 Å². The van der Waals surface area contributed by atoms with Crippen LogP contribution in [0.5, 0.6) is 11.5 Å². The van der Waals surface area contributed by atoms with Crippen molar-refractivity contribution >= 4 is 15.9 Å². The SMILES string of the molecule is COc1cc(Br)ccc1C(N)c1cccc(OC2CC2)c1. The molecule has 1 unspecified atom stereocenters. The molecule has 3 rings (SSSR count). The third-order valence-corrected chi connectivity index (χ3v) is 4.07. The number of nitrogens with two attached hydrogens (primary N) is 1. The minimum absolute atomic E-state index is 0.240. The first kappa shape index (κ1) is 14.4. The van der Waals surface area contributed by atoms with Gasteiger partial charge in [0.05, 0.1) is 19.3 Å². The van der Waals surface area contributed by atoms with Crippen molar-refractivity contribution in [3.63, 3.8) is 0 Å². The van der Waals surface area contributed by atoms with Crippen LogP contribution in [0.25, 0.3) is 0 Å². The zero-order chi connectivity index (χ0) is 14.8. The second-order valence-corrected chi connectivity index (χ2v) is 6.17. The van der Waals surface area contributed by atoms with E-state index in [0.29, 0.717) is 6.10 Å². The fourth-order valence-electron chi connectivity index (χ4n) is 2.28. The summed E-state index contributed by atoms with van der Waals surface area (Å²) in [5.74, 6) is 1.67. The second kappa shape index (κ2) is 6.08. The van der Waals surface area contributed by atoms with Crippen molar-refractivity contribution < 1.29 is 9.47 Å². The summed E-state index contributed by atoms with van der Waals surface area (Å²) in [5.41, 5.74) is 8.39. The minimum atomic E-state index is -0.240. The van der Waals surface area contributed by atoms with Gasteiger partial charge in [0, 0.05) is 10.0 Å². The number of ether oxygens (including phenoxy) is 2. The normalized spacial score (nSPS) is 15.6. The Kier molecular flexibility index (Phi) is 4.17. The molecule has 0 heterocycles. The molecule has 0 aromatic heterocycles. The van der Waals surface area contributed by atoms with E-state index in [4.69, 9.17) is 15.2 Å². The van der Waals surface area contributed by atoms with E-state index in [1.807, 2.05) is 42.5 Å². The van der Waals surface area contributed by atoms with Gasteiger partial charge in [-0.3, -0.25) is 0 Å². The van der Waals surface area contributed by atoms with Gasteiger partial charge in [0.2, 0.25) is 0 Å². The summed E-state index contributed by atoms with van der Waals surface area (Å²) in [4.78, 5) is 0. The molecule has 0 spiro atoms. The standard InChI is InChI=1S/C17H18BrNO2/c1-20-16-10-12(18)5-8-15(16)17(19)11-3-2-4-14(9-11)21-13-6-7-13/h2-5,8-10,13,17H,6-7,19H2,1H3. The molecule has 1 atom stereocenters. The predicted molar refractivity (Wildman–Crippen MR) is 86.8 cm³/mol. The van der Waals surface area contributed by atoms with Gasteiger partial charge in [-0.2, -0.15) is 0 Å². The van der Waals surface area contributed by atoms with Crippen molar-refractivity contribution in [3.8, 4) is 11.5 Å². The van der Waals surface area contributed by atoms with Crippen molar-refractivity contribution in [2.24, 2.45) is 5.73 Å². The largest absolute Gasteiger partial charge is 0.496 e. The zero-order valence-corrected chi connectivity index (χ0v) is 13.5. The lowest BCUT2D eigenvalue weighted by Crippen LogP contribution is -2.13. The fraction of sp³-hybridized carbons (Fsp3) is 0.294. The van der Waals surface area contributed by atoms with Crippen LogP contribution in [0, 0.1) is 0 Å². The first-order valence-electron chi connectivity index (χ1n) is 7.03. The third-order valence-electron chi connectivity index (χ3n) is 3.57. The molecule has 110 valence electrons. The topological polar surface area (TPSA) is 44.5 Å². The molecule has 0 aliphatic heterocycles. The van der Waals surface area contributed by atoms with Crippen molar-refractivity contribution in [2.75, 3.05) is 7.11 Å². The molecule has 4 heteroatoms. The Morgan fingerprint density at radius 2 is 2.00 bits per heavy atom. The molecule has 2 aromatic carbocycles. The summed E-state index contributed by atoms with van der Waals surface area (Å²) >= 11 is 3.45. The highest BCUT2D eigenvalue weighted by Crippen LogP contribution is 2.33. The second-order valence-electron chi connectivity index (χ2n) is 5.25. The average Bonchev–Trinajstić information content (AvgIpc) is 3.30. The Balaban J connectivity index is 1.88. The maximum Gasteiger partial charge on any atom is 0.125 e. The lowest BCUT2D eigenvalue weighted by molar-refractivity contribution is 0.303. The summed E-state index contributed by atoms with van der Waals surface area (Å²) in [6, 6.07) is 13.7. The van der Waals surface area contributed by atoms with Gasteiger partial charge < -0.3 is 15.2 Å². The highest BCUT2D eigenvalue weighted by Gasteiger charge is 2.24. The van der Waals surface area contributed by atoms with E-state index in [9.17, 15) is 0 Å². The molecule has 0 amide bonds. The van der Waals surface area contributed by atoms with E-state index < -0.39 is 0 Å². The molecular weight excluding hydrogens is 330 g/mol. The van der Waals surface area contributed by atoms with Crippen molar-refractivity contribution in [3.05, 3.63) is 58.1 Å². The number of hydrogen-bond donors (Lipinski definition) is 1. The van der Waals surface area contributed by atoms with Gasteiger partial charge in [-0.25, -0.2) is 0 Å². The maximum absolute atomic E-state index is 6.41. The molecule has 1 aliphatic rings. The Labute approximate surface area is 133 Å². The molecule has 0 saturated heterocycles. The first-order valence-corrected chi connectivity index (χ1v) is 7.82. The molecule has 2 aromatic rings. The Bertz CT molecular complexity index is 640. The molecular formula is C17H18BrNO2. The highest BCUT2D eigenvalue weighted by molar-refractivity contribution is 9.10. The number of hydrogen-bond acceptors (Lipinski definition) is 3. The molecule has 1 aliphatic carbocycles. The smallest absolute Gasteiger partial charge is 0.125 e. The van der Waals surface area contributed by atoms with Crippen LogP contribution in [0.3, 0.4) is 0 Å². The van der Waals surface area contributed by atoms with Crippen LogP contribution in [0.1, 0.15) is 30.0 Å². The molecule has 3 nitrogen and oxygen atoms in total. The Morgan fingerprint density at radius 3 is 2.71 bits per heavy atom. The Hall–Kier alpha value is -1.52. The van der Waals surface area contributed by atoms with Gasteiger partial charge in [0.1, 0.15) is 11.5 Å². The fourth-order valence-corrected chi connectivity index (χ4v) is 2.62. The molecule has 0 radical (unpaired) electrons. The van der Waals surface area contributed by atoms with Crippen LogP contribution in [0.4, 0.5) is 0 Å². The van der Waals surface area contributed by atoms with Crippen LogP contribution in [-0.4, -0.2) is 13.2 Å². The van der Waals surface area contributed by atoms with Gasteiger partial charge in [-0.15, -0.1) is 0 Å². The maximum atomic E-state index is 6.41. The lowest BCUT2D eigenvalue weighted by atomic mass is 9.98. The first-order chi connectivity index (χ1) is 10.2. The van der Waals surface area contributed by atoms with E-state index >= 15 is 0 Å². The predicted octanol–water partition coefficient (Wildman–Crippen LogP) is 4.05. The summed E-state index contributed by atoms with van der Waals surface area (Å²) in [7, 11) is 1.66. The van der Waals surface area contributed by atoms with Gasteiger partial charge >= 0.3 is 0 Å². The third kappa shape index (κ3) is 3.39. The van der Waals surface area contributed by atoms with Gasteiger partial charge in [-0.05, 0) is 42.7 Å². The highest BCUT2D eigenvalue weighted by atomic mass is 79.9. The summed E-state index contributed by atoms with van der Waals surface area (Å²) in [6.07, 6.45) is 2.69. The Morgan fingerprint density at radius 1 is 1.19 bits per heavy atom. The molecule has 21 heavy (non-hydrogen) atoms. The van der Waals surface area contributed by atoms with Crippen molar-refractivity contribution in [2.45, 2.75) is 25.0 Å². The molecule has 1 fully saturated rings. The number of benzene rings is 2. The van der Waals surface area contributed by atoms with E-state index in [0.717, 1.165) is 39.9 Å². The van der Waals surface area contributed by atoms with E-state index in [1.165, 1.54) is 0 Å². The zero-order valence-electron chi connectivity index (χ0n) is 11.9. The van der Waals surface area contributed by atoms with E-state index in [1.54, 1.807) is 7.11 Å². The molecule has 1 saturated carbocycles. The monoisotopic (exact) mass is 347 g/mol. The van der Waals surface area contributed by atoms with E-state index in [2.05, 4.69) is 15.9 Å². The summed E-state index contributed by atoms with van der Waals surface area (Å²) in [5, 5.41) is 0. The van der Waals surface area contributed by atoms with Gasteiger partial charge in [0.15, 0.2) is 0 Å². The molecule has 2 N–H and O–H groups in total. The summed E-state index contributed by atoms with van der Waals surface area (Å²) in [6.45, 7) is 0. The minimum Gasteiger partial charge on any atom is -0.496 e. The van der Waals surface area contributed by atoms with Crippen LogP contribution in [-0.2, 0) is 0 Å². The number of methoxy groups -OCH3 is 1. The van der Waals surface area contributed by atoms with Gasteiger partial charge in [0.25, 0.3) is 0 Å². The van der Waals surface area contributed by atoms with E-state index in [-0.39, 0.29) is 6.04 Å². The molecule has 0 bridgehead atoms. The lowest BCUT2D eigenvalue weighted by Gasteiger charge is -2.17. The number of halogens is 1. The van der Waals surface area contributed by atoms with Crippen LogP contribution in [0.15, 0.2) is 46.9 Å². The van der Waals surface area contributed by atoms with Crippen molar-refractivity contribution in [1.82, 2.24) is 0 Å². The average molecular weight is 348 g/mol. The van der Waals surface area contributed by atoms with Crippen LogP contribution in [0.2, 0.25) is 0 Å². The van der Waals surface area contributed by atoms with Crippen molar-refractivity contribution in [1.29, 1.82) is 0 Å².